The van der Waals surface area contributed by atoms with E-state index in [1.54, 1.807) is 12.2 Å². The average molecular weight is 324 g/mol. The topological polar surface area (TPSA) is 92.3 Å². The quantitative estimate of drug-likeness (QED) is 0.630. The van der Waals surface area contributed by atoms with Gasteiger partial charge in [0.2, 0.25) is 11.8 Å². The van der Waals surface area contributed by atoms with Crippen LogP contribution in [-0.2, 0) is 32.0 Å². The molecule has 1 aromatic carbocycles. The molecule has 0 unspecified atom stereocenters. The highest BCUT2D eigenvalue weighted by Crippen LogP contribution is 2.17. The fourth-order valence-corrected chi connectivity index (χ4v) is 2.76. The maximum Gasteiger partial charge on any atom is 0.253 e. The number of nitrogens with one attached hydrogen (secondary N) is 2. The Balaban J connectivity index is 1.74. The molecule has 4 amide bonds. The molecule has 2 fully saturated rings. The van der Waals surface area contributed by atoms with Gasteiger partial charge in [-0.15, -0.1) is 0 Å². The molecule has 2 saturated heterocycles. The van der Waals surface area contributed by atoms with Crippen molar-refractivity contribution >= 4 is 23.6 Å². The van der Waals surface area contributed by atoms with Crippen LogP contribution in [0.25, 0.3) is 0 Å². The van der Waals surface area contributed by atoms with Crippen molar-refractivity contribution in [1.82, 2.24) is 10.6 Å². The van der Waals surface area contributed by atoms with E-state index in [4.69, 9.17) is 0 Å². The monoisotopic (exact) mass is 324 g/mol. The van der Waals surface area contributed by atoms with Crippen LogP contribution in [0.4, 0.5) is 0 Å². The summed E-state index contributed by atoms with van der Waals surface area (Å²) in [6.45, 7) is 0. The maximum atomic E-state index is 11.6. The van der Waals surface area contributed by atoms with Crippen LogP contribution in [-0.4, -0.2) is 23.6 Å². The smallest absolute Gasteiger partial charge is 0.253 e. The Morgan fingerprint density at radius 3 is 1.50 bits per heavy atom. The van der Waals surface area contributed by atoms with Crippen molar-refractivity contribution in [3.05, 3.63) is 58.7 Å². The Bertz CT molecular complexity index is 738. The number of carbonyl (C=O) groups is 4. The molecule has 24 heavy (non-hydrogen) atoms. The van der Waals surface area contributed by atoms with E-state index in [1.165, 1.54) is 0 Å². The van der Waals surface area contributed by atoms with Crippen LogP contribution < -0.4 is 10.6 Å². The zero-order chi connectivity index (χ0) is 17.1. The van der Waals surface area contributed by atoms with E-state index in [1.807, 2.05) is 24.3 Å². The lowest BCUT2D eigenvalue weighted by Gasteiger charge is -2.06. The first-order valence-corrected chi connectivity index (χ1v) is 7.66. The zero-order valence-corrected chi connectivity index (χ0v) is 12.9. The lowest BCUT2D eigenvalue weighted by Crippen LogP contribution is -2.19. The third-order valence-electron chi connectivity index (χ3n) is 4.05. The summed E-state index contributed by atoms with van der Waals surface area (Å²) in [5.74, 6) is -1.22. The van der Waals surface area contributed by atoms with Gasteiger partial charge in [0.1, 0.15) is 0 Å². The van der Waals surface area contributed by atoms with E-state index in [-0.39, 0.29) is 36.5 Å². The number of rotatable bonds is 4. The molecule has 6 nitrogen and oxygen atoms in total. The van der Waals surface area contributed by atoms with Crippen LogP contribution in [0.1, 0.15) is 24.0 Å². The third kappa shape index (κ3) is 3.48. The molecule has 2 aliphatic rings. The van der Waals surface area contributed by atoms with Gasteiger partial charge in [0.15, 0.2) is 0 Å². The molecule has 0 aromatic heterocycles. The standard InChI is InChI=1S/C18H16N2O4/c21-15-9-13(17(23)19-15)7-5-11-3-1-2-4-12(11)6-8-14-10-16(22)20-18(14)24/h1-4,7-8H,5-6,9-10H2,(H,19,21,23)(H,20,22,24). The second kappa shape index (κ2) is 6.62. The molecule has 2 N–H and O–H groups in total. The maximum absolute atomic E-state index is 11.6. The molecule has 6 heteroatoms. The van der Waals surface area contributed by atoms with Crippen LogP contribution in [0.5, 0.6) is 0 Å². The minimum absolute atomic E-state index is 0.118. The van der Waals surface area contributed by atoms with Gasteiger partial charge in [0, 0.05) is 11.1 Å². The van der Waals surface area contributed by atoms with Gasteiger partial charge in [-0.1, -0.05) is 36.4 Å². The Morgan fingerprint density at radius 2 is 1.17 bits per heavy atom. The van der Waals surface area contributed by atoms with Crippen LogP contribution in [0.2, 0.25) is 0 Å². The third-order valence-corrected chi connectivity index (χ3v) is 4.05. The molecule has 0 spiro atoms. The minimum atomic E-state index is -0.333. The minimum Gasteiger partial charge on any atom is -0.292 e. The van der Waals surface area contributed by atoms with Crippen molar-refractivity contribution < 1.29 is 19.2 Å². The molecular formula is C18H16N2O4. The van der Waals surface area contributed by atoms with Gasteiger partial charge >= 0.3 is 0 Å². The average Bonchev–Trinajstić information content (AvgIpc) is 3.04. The van der Waals surface area contributed by atoms with Gasteiger partial charge in [0.05, 0.1) is 12.8 Å². The number of imide groups is 2. The van der Waals surface area contributed by atoms with Gasteiger partial charge in [-0.2, -0.15) is 0 Å². The Labute approximate surface area is 138 Å². The summed E-state index contributed by atoms with van der Waals surface area (Å²) in [6.07, 6.45) is 4.82. The predicted molar refractivity (Wildman–Crippen MR) is 85.5 cm³/mol. The van der Waals surface area contributed by atoms with Crippen molar-refractivity contribution in [2.75, 3.05) is 0 Å². The number of hydrogen-bond donors (Lipinski definition) is 2. The molecule has 3 rings (SSSR count). The summed E-state index contributed by atoms with van der Waals surface area (Å²) >= 11 is 0. The van der Waals surface area contributed by atoms with Crippen LogP contribution in [0.15, 0.2) is 47.6 Å². The van der Waals surface area contributed by atoms with Crippen molar-refractivity contribution in [1.29, 1.82) is 0 Å². The molecule has 0 bridgehead atoms. The van der Waals surface area contributed by atoms with Crippen molar-refractivity contribution in [2.24, 2.45) is 0 Å². The molecule has 2 heterocycles. The van der Waals surface area contributed by atoms with E-state index < -0.39 is 0 Å². The van der Waals surface area contributed by atoms with E-state index >= 15 is 0 Å². The first-order chi connectivity index (χ1) is 11.5. The van der Waals surface area contributed by atoms with E-state index in [9.17, 15) is 19.2 Å². The van der Waals surface area contributed by atoms with E-state index in [0.717, 1.165) is 11.1 Å². The SMILES string of the molecule is O=C1CC(=CCc2ccccc2CC=C2CC(=O)NC2=O)C(=O)N1. The van der Waals surface area contributed by atoms with Gasteiger partial charge in [-0.05, 0) is 24.0 Å². The normalized spacial score (nSPS) is 20.8. The largest absolute Gasteiger partial charge is 0.292 e. The second-order valence-electron chi connectivity index (χ2n) is 5.74. The second-order valence-corrected chi connectivity index (χ2v) is 5.74. The molecule has 0 atom stereocenters. The summed E-state index contributed by atoms with van der Waals surface area (Å²) in [4.78, 5) is 45.5. The summed E-state index contributed by atoms with van der Waals surface area (Å²) in [7, 11) is 0. The van der Waals surface area contributed by atoms with Crippen molar-refractivity contribution in [3.8, 4) is 0 Å². The Hall–Kier alpha value is -3.02. The van der Waals surface area contributed by atoms with Crippen LogP contribution in [0, 0.1) is 0 Å². The van der Waals surface area contributed by atoms with Crippen LogP contribution in [0.3, 0.4) is 0 Å². The molecule has 2 aliphatic heterocycles. The summed E-state index contributed by atoms with van der Waals surface area (Å²) in [5.41, 5.74) is 2.99. The highest BCUT2D eigenvalue weighted by Gasteiger charge is 2.24. The summed E-state index contributed by atoms with van der Waals surface area (Å²) in [5, 5.41) is 4.51. The Morgan fingerprint density at radius 1 is 0.750 bits per heavy atom. The van der Waals surface area contributed by atoms with E-state index in [0.29, 0.717) is 24.0 Å². The first-order valence-electron chi connectivity index (χ1n) is 7.66. The first kappa shape index (κ1) is 15.9. The lowest BCUT2D eigenvalue weighted by atomic mass is 9.99. The van der Waals surface area contributed by atoms with Gasteiger partial charge in [0.25, 0.3) is 11.8 Å². The molecular weight excluding hydrogens is 308 g/mol. The van der Waals surface area contributed by atoms with Gasteiger partial charge in [-0.3, -0.25) is 29.8 Å². The fraction of sp³-hybridized carbons (Fsp3) is 0.222. The number of carbonyl (C=O) groups excluding carboxylic acids is 4. The van der Waals surface area contributed by atoms with Gasteiger partial charge < -0.3 is 0 Å². The lowest BCUT2D eigenvalue weighted by molar-refractivity contribution is -0.125. The molecule has 0 aliphatic carbocycles. The fourth-order valence-electron chi connectivity index (χ4n) is 2.76. The number of amides is 4. The molecule has 122 valence electrons. The predicted octanol–water partition coefficient (Wildman–Crippen LogP) is 0.717. The summed E-state index contributed by atoms with van der Waals surface area (Å²) < 4.78 is 0. The molecule has 0 radical (unpaired) electrons. The molecule has 0 saturated carbocycles. The van der Waals surface area contributed by atoms with Crippen LogP contribution >= 0.6 is 0 Å². The molecule has 1 aromatic rings. The van der Waals surface area contributed by atoms with Gasteiger partial charge in [-0.25, -0.2) is 0 Å². The zero-order valence-electron chi connectivity index (χ0n) is 12.9. The van der Waals surface area contributed by atoms with Crippen molar-refractivity contribution in [2.45, 2.75) is 25.7 Å². The van der Waals surface area contributed by atoms with Crippen molar-refractivity contribution in [3.63, 3.8) is 0 Å². The number of hydrogen-bond acceptors (Lipinski definition) is 4. The highest BCUT2D eigenvalue weighted by atomic mass is 16.2. The number of benzene rings is 1. The number of allylic oxidation sites excluding steroid dienone is 2. The highest BCUT2D eigenvalue weighted by molar-refractivity contribution is 6.13. The van der Waals surface area contributed by atoms with E-state index in [2.05, 4.69) is 10.6 Å². The Kier molecular flexibility index (Phi) is 4.37. The summed E-state index contributed by atoms with van der Waals surface area (Å²) in [6, 6.07) is 7.69.